The van der Waals surface area contributed by atoms with Gasteiger partial charge in [0.05, 0.1) is 17.9 Å². The number of esters is 1. The summed E-state index contributed by atoms with van der Waals surface area (Å²) >= 11 is 0. The molecule has 6 heteroatoms. The summed E-state index contributed by atoms with van der Waals surface area (Å²) in [6.45, 7) is 2.95. The van der Waals surface area contributed by atoms with Crippen molar-refractivity contribution in [3.05, 3.63) is 89.6 Å². The van der Waals surface area contributed by atoms with Gasteiger partial charge in [0.1, 0.15) is 11.4 Å². The topological polar surface area (TPSA) is 75.9 Å². The first kappa shape index (κ1) is 21.7. The molecule has 164 valence electrons. The predicted molar refractivity (Wildman–Crippen MR) is 125 cm³/mol. The fourth-order valence-corrected chi connectivity index (χ4v) is 4.10. The lowest BCUT2D eigenvalue weighted by Gasteiger charge is -2.27. The zero-order valence-corrected chi connectivity index (χ0v) is 18.3. The molecule has 2 aromatic carbocycles. The number of aryl methyl sites for hydroxylation is 1. The number of aromatic nitrogens is 1. The molecule has 1 N–H and O–H groups in total. The van der Waals surface area contributed by atoms with Gasteiger partial charge in [0.25, 0.3) is 0 Å². The number of benzene rings is 2. The Morgan fingerprint density at radius 1 is 1.03 bits per heavy atom. The average molecular weight is 429 g/mol. The molecule has 0 radical (unpaired) electrons. The van der Waals surface area contributed by atoms with Crippen LogP contribution in [0.25, 0.3) is 0 Å². The van der Waals surface area contributed by atoms with E-state index in [2.05, 4.69) is 39.7 Å². The highest BCUT2D eigenvalue weighted by molar-refractivity contribution is 5.90. The van der Waals surface area contributed by atoms with Crippen LogP contribution in [-0.4, -0.2) is 24.1 Å². The number of hydrogen-bond acceptors (Lipinski definition) is 6. The molecule has 1 atom stereocenters. The first-order chi connectivity index (χ1) is 15.7. The highest BCUT2D eigenvalue weighted by Gasteiger charge is 2.38. The van der Waals surface area contributed by atoms with Crippen molar-refractivity contribution in [1.82, 2.24) is 4.98 Å². The van der Waals surface area contributed by atoms with Gasteiger partial charge in [-0.1, -0.05) is 36.4 Å². The lowest BCUT2D eigenvalue weighted by atomic mass is 9.80. The van der Waals surface area contributed by atoms with E-state index in [0.29, 0.717) is 12.2 Å². The zero-order valence-electron chi connectivity index (χ0n) is 18.3. The van der Waals surface area contributed by atoms with Gasteiger partial charge in [0.2, 0.25) is 0 Å². The molecule has 4 rings (SSSR count). The molecule has 1 aliphatic heterocycles. The highest BCUT2D eigenvalue weighted by atomic mass is 16.5. The Balaban J connectivity index is 1.54. The van der Waals surface area contributed by atoms with Crippen molar-refractivity contribution < 1.29 is 9.53 Å². The third-order valence-electron chi connectivity index (χ3n) is 5.77. The first-order valence-corrected chi connectivity index (χ1v) is 11.1. The number of azo groups is 1. The van der Waals surface area contributed by atoms with Crippen molar-refractivity contribution in [3.63, 3.8) is 0 Å². The first-order valence-electron chi connectivity index (χ1n) is 11.1. The summed E-state index contributed by atoms with van der Waals surface area (Å²) in [5.41, 5.74) is 3.21. The quantitative estimate of drug-likeness (QED) is 0.314. The van der Waals surface area contributed by atoms with E-state index in [4.69, 9.17) is 9.85 Å². The molecule has 6 nitrogen and oxygen atoms in total. The fraction of sp³-hybridized carbons (Fsp3) is 0.308. The van der Waals surface area contributed by atoms with Crippen LogP contribution >= 0.6 is 0 Å². The van der Waals surface area contributed by atoms with Crippen molar-refractivity contribution in [2.75, 3.05) is 18.5 Å². The zero-order chi connectivity index (χ0) is 22.2. The lowest BCUT2D eigenvalue weighted by molar-refractivity contribution is 0.0526. The van der Waals surface area contributed by atoms with E-state index >= 15 is 0 Å². The number of nitrogens with zero attached hydrogens (tertiary/aromatic N) is 3. The van der Waals surface area contributed by atoms with Crippen molar-refractivity contribution in [2.45, 2.75) is 38.1 Å². The molecule has 0 saturated carbocycles. The highest BCUT2D eigenvalue weighted by Crippen LogP contribution is 2.47. The van der Waals surface area contributed by atoms with Crippen LogP contribution in [0.3, 0.4) is 0 Å². The van der Waals surface area contributed by atoms with Crippen LogP contribution in [0.15, 0.2) is 83.2 Å². The summed E-state index contributed by atoms with van der Waals surface area (Å²) in [5.74, 6) is 0.555. The SMILES string of the molecule is CCOC(=O)c1ccc2c(c1)C(CCCNc1ccccn1)(CCc1ccccc1)N=N2. The van der Waals surface area contributed by atoms with Gasteiger partial charge in [-0.15, -0.1) is 0 Å². The average Bonchev–Trinajstić information content (AvgIpc) is 3.20. The van der Waals surface area contributed by atoms with Crippen molar-refractivity contribution in [3.8, 4) is 0 Å². The third-order valence-corrected chi connectivity index (χ3v) is 5.77. The number of carbonyl (C=O) groups excluding carboxylic acids is 1. The van der Waals surface area contributed by atoms with Gasteiger partial charge in [0, 0.05) is 18.3 Å². The normalized spacial score (nSPS) is 16.5. The molecule has 0 spiro atoms. The van der Waals surface area contributed by atoms with E-state index in [1.165, 1.54) is 5.56 Å². The summed E-state index contributed by atoms with van der Waals surface area (Å²) in [4.78, 5) is 16.7. The van der Waals surface area contributed by atoms with E-state index < -0.39 is 5.54 Å². The second-order valence-electron chi connectivity index (χ2n) is 7.91. The van der Waals surface area contributed by atoms with Gasteiger partial charge in [0.15, 0.2) is 0 Å². The van der Waals surface area contributed by atoms with E-state index in [1.54, 1.807) is 12.3 Å². The number of carbonyl (C=O) groups is 1. The van der Waals surface area contributed by atoms with Crippen molar-refractivity contribution >= 4 is 17.5 Å². The van der Waals surface area contributed by atoms with Gasteiger partial charge < -0.3 is 10.1 Å². The smallest absolute Gasteiger partial charge is 0.338 e. The molecule has 0 amide bonds. The van der Waals surface area contributed by atoms with E-state index in [9.17, 15) is 4.79 Å². The molecule has 0 bridgehead atoms. The summed E-state index contributed by atoms with van der Waals surface area (Å²) in [7, 11) is 0. The van der Waals surface area contributed by atoms with Crippen LogP contribution in [-0.2, 0) is 16.7 Å². The number of ether oxygens (including phenoxy) is 1. The molecule has 2 heterocycles. The van der Waals surface area contributed by atoms with Gasteiger partial charge in [-0.25, -0.2) is 9.78 Å². The van der Waals surface area contributed by atoms with Gasteiger partial charge in [-0.3, -0.25) is 0 Å². The minimum absolute atomic E-state index is 0.309. The summed E-state index contributed by atoms with van der Waals surface area (Å²) in [6, 6.07) is 21.8. The van der Waals surface area contributed by atoms with Crippen LogP contribution < -0.4 is 5.32 Å². The Hall–Kier alpha value is -3.54. The van der Waals surface area contributed by atoms with Crippen molar-refractivity contribution in [2.24, 2.45) is 10.2 Å². The Labute approximate surface area is 188 Å². The Kier molecular flexibility index (Phi) is 6.90. The van der Waals surface area contributed by atoms with Crippen molar-refractivity contribution in [1.29, 1.82) is 0 Å². The van der Waals surface area contributed by atoms with Gasteiger partial charge >= 0.3 is 5.97 Å². The van der Waals surface area contributed by atoms with Crippen LogP contribution in [0.4, 0.5) is 11.5 Å². The van der Waals surface area contributed by atoms with E-state index in [0.717, 1.165) is 49.3 Å². The Morgan fingerprint density at radius 2 is 1.88 bits per heavy atom. The molecular formula is C26H28N4O2. The predicted octanol–water partition coefficient (Wildman–Crippen LogP) is 6.08. The summed E-state index contributed by atoms with van der Waals surface area (Å²) < 4.78 is 5.22. The molecule has 0 saturated heterocycles. The lowest BCUT2D eigenvalue weighted by Crippen LogP contribution is -2.24. The molecular weight excluding hydrogens is 400 g/mol. The van der Waals surface area contributed by atoms with Gasteiger partial charge in [-0.05, 0) is 68.5 Å². The molecule has 0 aliphatic carbocycles. The van der Waals surface area contributed by atoms with Crippen LogP contribution in [0.1, 0.15) is 47.7 Å². The largest absolute Gasteiger partial charge is 0.462 e. The molecule has 1 aliphatic rings. The minimum Gasteiger partial charge on any atom is -0.462 e. The standard InChI is InChI=1S/C26H28N4O2/c1-2-32-25(31)21-12-13-23-22(19-21)26(30-29-23,16-14-20-9-4-3-5-10-20)15-8-18-28-24-11-6-7-17-27-24/h3-7,9-13,17,19H,2,8,14-16,18H2,1H3,(H,27,28). The maximum Gasteiger partial charge on any atom is 0.338 e. The number of hydrogen-bond donors (Lipinski definition) is 1. The van der Waals surface area contributed by atoms with E-state index in [-0.39, 0.29) is 5.97 Å². The Bertz CT molecular complexity index is 1070. The third kappa shape index (κ3) is 5.02. The second kappa shape index (κ2) is 10.2. The summed E-state index contributed by atoms with van der Waals surface area (Å²) in [6.07, 6.45) is 5.21. The monoisotopic (exact) mass is 428 g/mol. The maximum atomic E-state index is 12.4. The van der Waals surface area contributed by atoms with Crippen LogP contribution in [0.2, 0.25) is 0 Å². The number of nitrogens with one attached hydrogen (secondary N) is 1. The molecule has 1 unspecified atom stereocenters. The number of anilines is 1. The molecule has 1 aromatic heterocycles. The Morgan fingerprint density at radius 3 is 2.66 bits per heavy atom. The fourth-order valence-electron chi connectivity index (χ4n) is 4.10. The number of pyridine rings is 1. The van der Waals surface area contributed by atoms with E-state index in [1.807, 2.05) is 43.3 Å². The molecule has 32 heavy (non-hydrogen) atoms. The summed E-state index contributed by atoms with van der Waals surface area (Å²) in [5, 5.41) is 12.6. The number of rotatable bonds is 10. The van der Waals surface area contributed by atoms with Crippen LogP contribution in [0.5, 0.6) is 0 Å². The second-order valence-corrected chi connectivity index (χ2v) is 7.91. The maximum absolute atomic E-state index is 12.4. The van der Waals surface area contributed by atoms with Crippen LogP contribution in [0, 0.1) is 0 Å². The minimum atomic E-state index is -0.459. The molecule has 3 aromatic rings. The van der Waals surface area contributed by atoms with Gasteiger partial charge in [-0.2, -0.15) is 10.2 Å². The number of fused-ring (bicyclic) bond motifs is 1. The molecule has 0 fully saturated rings.